The number of amides is 1. The molecule has 1 amide bonds. The highest BCUT2D eigenvalue weighted by Gasteiger charge is 2.13. The predicted molar refractivity (Wildman–Crippen MR) is 100 cm³/mol. The molecule has 5 heteroatoms. The van der Waals surface area contributed by atoms with Crippen molar-refractivity contribution < 1.29 is 19.1 Å². The second kappa shape index (κ2) is 10.2. The van der Waals surface area contributed by atoms with Gasteiger partial charge in [0, 0.05) is 18.0 Å². The van der Waals surface area contributed by atoms with Crippen LogP contribution >= 0.6 is 0 Å². The number of rotatable bonds is 9. The summed E-state index contributed by atoms with van der Waals surface area (Å²) in [5.74, 6) is 0.210. The van der Waals surface area contributed by atoms with Crippen molar-refractivity contribution in [1.29, 1.82) is 0 Å². The lowest BCUT2D eigenvalue weighted by atomic mass is 10.1. The number of nitrogens with one attached hydrogen (secondary N) is 1. The van der Waals surface area contributed by atoms with E-state index >= 15 is 0 Å². The van der Waals surface area contributed by atoms with Crippen LogP contribution in [0.25, 0.3) is 0 Å². The monoisotopic (exact) mass is 355 g/mol. The van der Waals surface area contributed by atoms with Gasteiger partial charge in [0.2, 0.25) is 0 Å². The van der Waals surface area contributed by atoms with E-state index in [9.17, 15) is 9.59 Å². The second-order valence-electron chi connectivity index (χ2n) is 6.02. The highest BCUT2D eigenvalue weighted by Crippen LogP contribution is 2.13. The van der Waals surface area contributed by atoms with Gasteiger partial charge in [0.1, 0.15) is 12.4 Å². The number of esters is 1. The molecule has 0 saturated carbocycles. The van der Waals surface area contributed by atoms with Crippen LogP contribution in [-0.2, 0) is 16.1 Å². The van der Waals surface area contributed by atoms with E-state index in [1.165, 1.54) is 0 Å². The molecule has 0 aromatic heterocycles. The summed E-state index contributed by atoms with van der Waals surface area (Å²) in [4.78, 5) is 24.1. The van der Waals surface area contributed by atoms with Crippen LogP contribution in [0.2, 0.25) is 0 Å². The van der Waals surface area contributed by atoms with Crippen LogP contribution in [0.4, 0.5) is 0 Å². The summed E-state index contributed by atoms with van der Waals surface area (Å²) in [6.45, 7) is 4.58. The van der Waals surface area contributed by atoms with Gasteiger partial charge in [0.15, 0.2) is 0 Å². The van der Waals surface area contributed by atoms with Gasteiger partial charge in [-0.15, -0.1) is 0 Å². The second-order valence-corrected chi connectivity index (χ2v) is 6.02. The van der Waals surface area contributed by atoms with Gasteiger partial charge in [-0.3, -0.25) is 9.59 Å². The molecule has 0 saturated heterocycles. The first-order valence-electron chi connectivity index (χ1n) is 8.81. The maximum absolute atomic E-state index is 12.3. The first kappa shape index (κ1) is 19.5. The van der Waals surface area contributed by atoms with Crippen molar-refractivity contribution in [2.24, 2.45) is 0 Å². The molecule has 0 radical (unpaired) electrons. The van der Waals surface area contributed by atoms with Crippen molar-refractivity contribution in [2.75, 3.05) is 6.61 Å². The Bertz CT molecular complexity index is 715. The smallest absolute Gasteiger partial charge is 0.306 e. The quantitative estimate of drug-likeness (QED) is 0.696. The number of carbonyl (C=O) groups excluding carboxylic acids is 2. The third-order valence-electron chi connectivity index (χ3n) is 3.81. The standard InChI is InChI=1S/C21H25NO4/c1-3-25-19-11-7-10-18(14-19)21(24)22-16(2)12-13-20(23)26-15-17-8-5-4-6-9-17/h4-11,14,16H,3,12-13,15H2,1-2H3,(H,22,24). The normalized spacial score (nSPS) is 11.5. The zero-order valence-corrected chi connectivity index (χ0v) is 15.2. The molecule has 0 spiro atoms. The molecule has 26 heavy (non-hydrogen) atoms. The van der Waals surface area contributed by atoms with E-state index in [-0.39, 0.29) is 30.9 Å². The lowest BCUT2D eigenvalue weighted by Gasteiger charge is -2.14. The van der Waals surface area contributed by atoms with E-state index in [0.717, 1.165) is 5.56 Å². The summed E-state index contributed by atoms with van der Waals surface area (Å²) in [5.41, 5.74) is 1.49. The molecular weight excluding hydrogens is 330 g/mol. The van der Waals surface area contributed by atoms with Gasteiger partial charge in [-0.25, -0.2) is 0 Å². The van der Waals surface area contributed by atoms with Gasteiger partial charge in [-0.05, 0) is 44.0 Å². The fourth-order valence-electron chi connectivity index (χ4n) is 2.42. The molecule has 2 rings (SSSR count). The Morgan fingerprint density at radius 1 is 1.08 bits per heavy atom. The molecule has 2 aromatic rings. The maximum atomic E-state index is 12.3. The van der Waals surface area contributed by atoms with Crippen molar-refractivity contribution >= 4 is 11.9 Å². The van der Waals surface area contributed by atoms with Crippen molar-refractivity contribution in [1.82, 2.24) is 5.32 Å². The minimum atomic E-state index is -0.270. The third kappa shape index (κ3) is 6.59. The van der Waals surface area contributed by atoms with Crippen LogP contribution < -0.4 is 10.1 Å². The van der Waals surface area contributed by atoms with E-state index in [4.69, 9.17) is 9.47 Å². The number of ether oxygens (including phenoxy) is 2. The molecule has 138 valence electrons. The predicted octanol–water partition coefficient (Wildman–Crippen LogP) is 3.73. The zero-order chi connectivity index (χ0) is 18.8. The summed E-state index contributed by atoms with van der Waals surface area (Å²) < 4.78 is 10.6. The molecule has 0 aliphatic rings. The first-order chi connectivity index (χ1) is 12.6. The Hall–Kier alpha value is -2.82. The summed E-state index contributed by atoms with van der Waals surface area (Å²) in [5, 5.41) is 2.89. The molecular formula is C21H25NO4. The largest absolute Gasteiger partial charge is 0.494 e. The zero-order valence-electron chi connectivity index (χ0n) is 15.2. The molecule has 0 aliphatic carbocycles. The Balaban J connectivity index is 1.73. The summed E-state index contributed by atoms with van der Waals surface area (Å²) in [6, 6.07) is 16.4. The molecule has 2 aromatic carbocycles. The van der Waals surface area contributed by atoms with E-state index in [0.29, 0.717) is 24.3 Å². The topological polar surface area (TPSA) is 64.6 Å². The average molecular weight is 355 g/mol. The van der Waals surface area contributed by atoms with E-state index in [1.54, 1.807) is 18.2 Å². The number of benzene rings is 2. The van der Waals surface area contributed by atoms with E-state index in [2.05, 4.69) is 5.32 Å². The summed E-state index contributed by atoms with van der Waals surface area (Å²) >= 11 is 0. The van der Waals surface area contributed by atoms with Crippen molar-refractivity contribution in [3.05, 3.63) is 65.7 Å². The van der Waals surface area contributed by atoms with Crippen LogP contribution in [0.1, 0.15) is 42.6 Å². The van der Waals surface area contributed by atoms with Gasteiger partial charge >= 0.3 is 5.97 Å². The number of hydrogen-bond donors (Lipinski definition) is 1. The Kier molecular flexibility index (Phi) is 7.68. The highest BCUT2D eigenvalue weighted by atomic mass is 16.5. The maximum Gasteiger partial charge on any atom is 0.306 e. The summed E-state index contributed by atoms with van der Waals surface area (Å²) in [7, 11) is 0. The fourth-order valence-corrected chi connectivity index (χ4v) is 2.42. The molecule has 0 aliphatic heterocycles. The SMILES string of the molecule is CCOc1cccc(C(=O)NC(C)CCC(=O)OCc2ccccc2)c1. The molecule has 5 nitrogen and oxygen atoms in total. The van der Waals surface area contributed by atoms with Gasteiger partial charge in [-0.1, -0.05) is 36.4 Å². The Labute approximate surface area is 154 Å². The van der Waals surface area contributed by atoms with Crippen LogP contribution in [0.5, 0.6) is 5.75 Å². The van der Waals surface area contributed by atoms with Crippen LogP contribution in [0, 0.1) is 0 Å². The Morgan fingerprint density at radius 3 is 2.58 bits per heavy atom. The van der Waals surface area contributed by atoms with Crippen molar-refractivity contribution in [2.45, 2.75) is 39.3 Å². The highest BCUT2D eigenvalue weighted by molar-refractivity contribution is 5.94. The minimum absolute atomic E-state index is 0.137. The van der Waals surface area contributed by atoms with Gasteiger partial charge < -0.3 is 14.8 Å². The molecule has 1 N–H and O–H groups in total. The number of hydrogen-bond acceptors (Lipinski definition) is 4. The lowest BCUT2D eigenvalue weighted by molar-refractivity contribution is -0.145. The molecule has 0 heterocycles. The van der Waals surface area contributed by atoms with Gasteiger partial charge in [0.25, 0.3) is 5.91 Å². The van der Waals surface area contributed by atoms with Gasteiger partial charge in [-0.2, -0.15) is 0 Å². The van der Waals surface area contributed by atoms with E-state index < -0.39 is 0 Å². The van der Waals surface area contributed by atoms with E-state index in [1.807, 2.05) is 50.2 Å². The minimum Gasteiger partial charge on any atom is -0.494 e. The Morgan fingerprint density at radius 2 is 1.85 bits per heavy atom. The first-order valence-corrected chi connectivity index (χ1v) is 8.81. The molecule has 1 unspecified atom stereocenters. The lowest BCUT2D eigenvalue weighted by Crippen LogP contribution is -2.33. The van der Waals surface area contributed by atoms with Crippen LogP contribution in [0.3, 0.4) is 0 Å². The number of carbonyl (C=O) groups is 2. The average Bonchev–Trinajstić information content (AvgIpc) is 2.66. The third-order valence-corrected chi connectivity index (χ3v) is 3.81. The molecule has 1 atom stereocenters. The van der Waals surface area contributed by atoms with Crippen molar-refractivity contribution in [3.63, 3.8) is 0 Å². The molecule has 0 fully saturated rings. The molecule has 0 bridgehead atoms. The summed E-state index contributed by atoms with van der Waals surface area (Å²) in [6.07, 6.45) is 0.776. The van der Waals surface area contributed by atoms with Crippen LogP contribution in [-0.4, -0.2) is 24.5 Å². The van der Waals surface area contributed by atoms with Gasteiger partial charge in [0.05, 0.1) is 6.61 Å². The van der Waals surface area contributed by atoms with Crippen molar-refractivity contribution in [3.8, 4) is 5.75 Å². The fraction of sp³-hybridized carbons (Fsp3) is 0.333. The van der Waals surface area contributed by atoms with Crippen LogP contribution in [0.15, 0.2) is 54.6 Å².